The number of ketones is 2. The Morgan fingerprint density at radius 3 is 2.25 bits per heavy atom. The first-order chi connectivity index (χ1) is 30.5. The molecule has 0 spiro atoms. The molecule has 14 atom stereocenters. The standard InChI is InChI=1S/C50H75NO13/c1-11-35-22-29(2)21-30(3)23-43(60-9)46-44(61-10)25-32(5)50(57,64-46)47(54)48(55)51-20-13-12-17-38(51)49(56)63-45(33(6)39(52)28-40(35)53)31(4)24-34-18-19-41(42(26-34)59-8)62-37-16-14-15-36(27-37)58-7/h14-16,22,24,27,30,32-35,38-39,41-46,52,57H,11-13,17-21,23,25-26,28H2,1-10H3/b29-22+,31-24?. The molecular weight excluding hydrogens is 823 g/mol. The van der Waals surface area contributed by atoms with Crippen LogP contribution in [0.4, 0.5) is 0 Å². The van der Waals surface area contributed by atoms with Crippen molar-refractivity contribution in [3.05, 3.63) is 47.6 Å². The normalized spacial score (nSPS) is 37.7. The molecule has 1 saturated carbocycles. The van der Waals surface area contributed by atoms with Crippen LogP contribution in [-0.4, -0.2) is 128 Å². The van der Waals surface area contributed by atoms with E-state index in [1.165, 1.54) is 19.1 Å². The van der Waals surface area contributed by atoms with Gasteiger partial charge in [0.15, 0.2) is 0 Å². The third-order valence-corrected chi connectivity index (χ3v) is 14.2. The average Bonchev–Trinajstić information content (AvgIpc) is 3.29. The van der Waals surface area contributed by atoms with Crippen LogP contribution in [0, 0.1) is 29.6 Å². The number of nitrogens with zero attached hydrogens (tertiary/aromatic N) is 1. The number of benzene rings is 1. The van der Waals surface area contributed by atoms with E-state index in [9.17, 15) is 29.4 Å². The quantitative estimate of drug-likeness (QED) is 0.155. The average molecular weight is 898 g/mol. The highest BCUT2D eigenvalue weighted by atomic mass is 16.7. The highest BCUT2D eigenvalue weighted by molar-refractivity contribution is 6.39. The minimum atomic E-state index is -2.51. The number of aliphatic hydroxyl groups is 2. The fourth-order valence-electron chi connectivity index (χ4n) is 10.4. The zero-order valence-electron chi connectivity index (χ0n) is 39.8. The molecule has 1 aliphatic carbocycles. The summed E-state index contributed by atoms with van der Waals surface area (Å²) in [6.45, 7) is 11.3. The summed E-state index contributed by atoms with van der Waals surface area (Å²) in [6.07, 6.45) is 4.49. The second-order valence-corrected chi connectivity index (χ2v) is 18.9. The van der Waals surface area contributed by atoms with E-state index in [-0.39, 0.29) is 55.6 Å². The van der Waals surface area contributed by atoms with Crippen LogP contribution in [0.5, 0.6) is 11.5 Å². The molecule has 5 rings (SSSR count). The van der Waals surface area contributed by atoms with E-state index in [0.29, 0.717) is 62.0 Å². The number of carbonyl (C=O) groups excluding carboxylic acids is 4. The van der Waals surface area contributed by atoms with Crippen LogP contribution in [0.25, 0.3) is 0 Å². The van der Waals surface area contributed by atoms with E-state index in [4.69, 9.17) is 33.2 Å². The molecule has 64 heavy (non-hydrogen) atoms. The van der Waals surface area contributed by atoms with Crippen LogP contribution >= 0.6 is 0 Å². The van der Waals surface area contributed by atoms with Gasteiger partial charge >= 0.3 is 5.97 Å². The van der Waals surface area contributed by atoms with Crippen molar-refractivity contribution in [2.45, 2.75) is 167 Å². The minimum Gasteiger partial charge on any atom is -0.497 e. The number of esters is 1. The number of cyclic esters (lactones) is 1. The largest absolute Gasteiger partial charge is 0.497 e. The number of rotatable bonds is 9. The predicted molar refractivity (Wildman–Crippen MR) is 239 cm³/mol. The molecule has 14 nitrogen and oxygen atoms in total. The second kappa shape index (κ2) is 23.2. The lowest BCUT2D eigenvalue weighted by molar-refractivity contribution is -0.302. The molecule has 3 fully saturated rings. The van der Waals surface area contributed by atoms with Crippen molar-refractivity contribution in [1.82, 2.24) is 4.90 Å². The third kappa shape index (κ3) is 12.2. The number of allylic oxidation sites excluding steroid dienone is 3. The van der Waals surface area contributed by atoms with E-state index in [1.54, 1.807) is 28.1 Å². The molecule has 2 saturated heterocycles. The summed E-state index contributed by atoms with van der Waals surface area (Å²) in [5.41, 5.74) is 1.68. The van der Waals surface area contributed by atoms with Gasteiger partial charge in [0.2, 0.25) is 5.79 Å². The summed E-state index contributed by atoms with van der Waals surface area (Å²) in [6, 6.07) is 6.31. The van der Waals surface area contributed by atoms with E-state index in [2.05, 4.69) is 13.0 Å². The van der Waals surface area contributed by atoms with Gasteiger partial charge in [-0.2, -0.15) is 0 Å². The topological polar surface area (TPSA) is 177 Å². The van der Waals surface area contributed by atoms with E-state index in [1.807, 2.05) is 51.1 Å². The summed E-state index contributed by atoms with van der Waals surface area (Å²) in [5, 5.41) is 23.9. The number of piperidine rings is 1. The van der Waals surface area contributed by atoms with Crippen molar-refractivity contribution in [3.8, 4) is 11.5 Å². The first kappa shape index (κ1) is 51.3. The number of fused-ring (bicyclic) bond motifs is 3. The van der Waals surface area contributed by atoms with Crippen molar-refractivity contribution in [2.24, 2.45) is 29.6 Å². The van der Waals surface area contributed by atoms with Gasteiger partial charge in [0, 0.05) is 58.1 Å². The van der Waals surface area contributed by atoms with Crippen LogP contribution in [-0.2, 0) is 42.9 Å². The summed E-state index contributed by atoms with van der Waals surface area (Å²) >= 11 is 0. The van der Waals surface area contributed by atoms with Crippen LogP contribution in [0.2, 0.25) is 0 Å². The van der Waals surface area contributed by atoms with Crippen LogP contribution < -0.4 is 9.47 Å². The lowest BCUT2D eigenvalue weighted by Crippen LogP contribution is -2.64. The lowest BCUT2D eigenvalue weighted by atomic mass is 9.81. The van der Waals surface area contributed by atoms with Crippen LogP contribution in [0.15, 0.2) is 47.6 Å². The fraction of sp³-hybridized carbons (Fsp3) is 0.720. The molecule has 0 aromatic heterocycles. The highest BCUT2D eigenvalue weighted by Gasteiger charge is 2.56. The van der Waals surface area contributed by atoms with E-state index < -0.39 is 77.8 Å². The van der Waals surface area contributed by atoms with Crippen molar-refractivity contribution in [3.63, 3.8) is 0 Å². The van der Waals surface area contributed by atoms with Gasteiger partial charge in [0.1, 0.15) is 41.6 Å². The van der Waals surface area contributed by atoms with Crippen molar-refractivity contribution in [2.75, 3.05) is 35.0 Å². The van der Waals surface area contributed by atoms with Gasteiger partial charge in [-0.25, -0.2) is 4.79 Å². The van der Waals surface area contributed by atoms with Gasteiger partial charge in [0.05, 0.1) is 31.5 Å². The molecule has 1 amide bonds. The molecule has 14 unspecified atom stereocenters. The van der Waals surface area contributed by atoms with E-state index in [0.717, 1.165) is 12.0 Å². The number of methoxy groups -OCH3 is 4. The molecule has 1 aromatic rings. The maximum atomic E-state index is 14.5. The zero-order chi connectivity index (χ0) is 46.9. The number of aliphatic hydroxyl groups excluding tert-OH is 1. The number of ether oxygens (including phenoxy) is 7. The zero-order valence-corrected chi connectivity index (χ0v) is 39.8. The fourth-order valence-corrected chi connectivity index (χ4v) is 10.4. The summed E-state index contributed by atoms with van der Waals surface area (Å²) in [4.78, 5) is 58.3. The lowest BCUT2D eigenvalue weighted by Gasteiger charge is -2.47. The summed E-state index contributed by atoms with van der Waals surface area (Å²) in [5.74, 6) is -6.15. The Bertz CT molecular complexity index is 1810. The van der Waals surface area contributed by atoms with Crippen molar-refractivity contribution >= 4 is 23.4 Å². The first-order valence-electron chi connectivity index (χ1n) is 23.4. The Kier molecular flexibility index (Phi) is 18.6. The molecule has 2 bridgehead atoms. The number of hydrogen-bond acceptors (Lipinski definition) is 13. The van der Waals surface area contributed by atoms with Gasteiger partial charge in [-0.05, 0) is 108 Å². The third-order valence-electron chi connectivity index (χ3n) is 14.2. The Hall–Kier alpha value is -3.66. The molecule has 0 radical (unpaired) electrons. The van der Waals surface area contributed by atoms with Gasteiger partial charge in [-0.1, -0.05) is 51.5 Å². The minimum absolute atomic E-state index is 0.00717. The van der Waals surface area contributed by atoms with Gasteiger partial charge in [0.25, 0.3) is 11.7 Å². The molecule has 358 valence electrons. The maximum absolute atomic E-state index is 14.5. The smallest absolute Gasteiger partial charge is 0.329 e. The Morgan fingerprint density at radius 1 is 0.891 bits per heavy atom. The van der Waals surface area contributed by atoms with Gasteiger partial charge in [-0.3, -0.25) is 14.4 Å². The molecule has 3 heterocycles. The summed E-state index contributed by atoms with van der Waals surface area (Å²) in [7, 11) is 6.34. The predicted octanol–water partition coefficient (Wildman–Crippen LogP) is 6.57. The molecular formula is C50H75NO13. The number of amides is 1. The van der Waals surface area contributed by atoms with Crippen molar-refractivity contribution < 1.29 is 62.5 Å². The summed E-state index contributed by atoms with van der Waals surface area (Å²) < 4.78 is 42.1. The van der Waals surface area contributed by atoms with E-state index >= 15 is 0 Å². The molecule has 1 aromatic carbocycles. The Balaban J connectivity index is 1.48. The maximum Gasteiger partial charge on any atom is 0.329 e. The first-order valence-corrected chi connectivity index (χ1v) is 23.4. The molecule has 4 aliphatic rings. The van der Waals surface area contributed by atoms with Gasteiger partial charge < -0.3 is 48.3 Å². The highest BCUT2D eigenvalue weighted by Crippen LogP contribution is 2.40. The SMILES string of the molecule is CCC1/C=C(\C)CC(C)CC(OC)C2OC(O)(C(=O)C(=O)N3CCCCC3C(=O)OC(C(C)=CC3CCC(Oc4cccc(OC)c4)C(OC)C3)C(C)C(O)CC1=O)C(C)CC2OC. The monoisotopic (exact) mass is 898 g/mol. The Morgan fingerprint density at radius 2 is 1.58 bits per heavy atom. The number of hydrogen-bond donors (Lipinski definition) is 2. The van der Waals surface area contributed by atoms with Crippen LogP contribution in [0.1, 0.15) is 112 Å². The molecule has 14 heteroatoms. The Labute approximate surface area is 380 Å². The van der Waals surface area contributed by atoms with Crippen molar-refractivity contribution in [1.29, 1.82) is 0 Å². The number of Topliss-reactive ketones (excluding diaryl/α,β-unsaturated/α-hetero) is 2. The van der Waals surface area contributed by atoms with Gasteiger partial charge in [-0.15, -0.1) is 0 Å². The van der Waals surface area contributed by atoms with Crippen LogP contribution in [0.3, 0.4) is 0 Å². The molecule has 3 aliphatic heterocycles. The number of carbonyl (C=O) groups is 4. The molecule has 2 N–H and O–H groups in total. The second-order valence-electron chi connectivity index (χ2n) is 18.9.